The van der Waals surface area contributed by atoms with Crippen molar-refractivity contribution in [2.24, 2.45) is 5.92 Å². The molecule has 0 saturated carbocycles. The highest BCUT2D eigenvalue weighted by Crippen LogP contribution is 2.28. The van der Waals surface area contributed by atoms with Crippen LogP contribution in [0.3, 0.4) is 0 Å². The van der Waals surface area contributed by atoms with Gasteiger partial charge in [-0.25, -0.2) is 0 Å². The first kappa shape index (κ1) is 16.4. The zero-order chi connectivity index (χ0) is 14.4. The summed E-state index contributed by atoms with van der Waals surface area (Å²) >= 11 is 2.02. The maximum Gasteiger partial charge on any atom is 0.122 e. The molecule has 19 heavy (non-hydrogen) atoms. The molecule has 1 rings (SSSR count). The molecule has 3 heteroatoms. The Bertz CT molecular complexity index is 404. The van der Waals surface area contributed by atoms with Crippen LogP contribution in [0, 0.1) is 19.8 Å². The fourth-order valence-corrected chi connectivity index (χ4v) is 3.35. The summed E-state index contributed by atoms with van der Waals surface area (Å²) in [7, 11) is 3.77. The van der Waals surface area contributed by atoms with Crippen LogP contribution in [0.15, 0.2) is 12.1 Å². The van der Waals surface area contributed by atoms with Gasteiger partial charge in [-0.2, -0.15) is 11.8 Å². The maximum atomic E-state index is 5.38. The van der Waals surface area contributed by atoms with Gasteiger partial charge in [-0.15, -0.1) is 0 Å². The molecule has 1 atom stereocenters. The molecule has 1 aromatic carbocycles. The Balaban J connectivity index is 2.83. The van der Waals surface area contributed by atoms with Crippen LogP contribution in [-0.4, -0.2) is 25.7 Å². The predicted molar refractivity (Wildman–Crippen MR) is 86.4 cm³/mol. The third kappa shape index (κ3) is 4.73. The van der Waals surface area contributed by atoms with Crippen molar-refractivity contribution in [1.82, 2.24) is 5.32 Å². The van der Waals surface area contributed by atoms with Crippen molar-refractivity contribution in [3.63, 3.8) is 0 Å². The number of rotatable bonds is 7. The minimum Gasteiger partial charge on any atom is -0.496 e. The summed E-state index contributed by atoms with van der Waals surface area (Å²) in [6.07, 6.45) is 0. The van der Waals surface area contributed by atoms with E-state index in [1.807, 2.05) is 18.8 Å². The van der Waals surface area contributed by atoms with E-state index >= 15 is 0 Å². The van der Waals surface area contributed by atoms with Crippen molar-refractivity contribution in [3.8, 4) is 5.75 Å². The number of methoxy groups -OCH3 is 1. The Hall–Kier alpha value is -0.670. The van der Waals surface area contributed by atoms with Gasteiger partial charge in [0.15, 0.2) is 0 Å². The molecule has 0 bridgehead atoms. The summed E-state index contributed by atoms with van der Waals surface area (Å²) in [6.45, 7) is 8.80. The van der Waals surface area contributed by atoms with E-state index in [0.717, 1.165) is 17.4 Å². The number of hydrogen-bond acceptors (Lipinski definition) is 3. The average Bonchev–Trinajstić information content (AvgIpc) is 2.37. The SMILES string of the molecule is CNC(CSCC(C)C)c1cc(C)c(OC)cc1C. The van der Waals surface area contributed by atoms with Crippen LogP contribution in [0.1, 0.15) is 36.6 Å². The summed E-state index contributed by atoms with van der Waals surface area (Å²) < 4.78 is 5.38. The normalized spacial score (nSPS) is 12.8. The average molecular weight is 281 g/mol. The number of benzene rings is 1. The first-order chi connectivity index (χ1) is 8.99. The summed E-state index contributed by atoms with van der Waals surface area (Å²) in [4.78, 5) is 0. The van der Waals surface area contributed by atoms with Crippen molar-refractivity contribution in [1.29, 1.82) is 0 Å². The van der Waals surface area contributed by atoms with Crippen molar-refractivity contribution in [3.05, 3.63) is 28.8 Å². The smallest absolute Gasteiger partial charge is 0.122 e. The third-order valence-corrected chi connectivity index (χ3v) is 4.71. The highest BCUT2D eigenvalue weighted by atomic mass is 32.2. The van der Waals surface area contributed by atoms with Crippen molar-refractivity contribution < 1.29 is 4.74 Å². The topological polar surface area (TPSA) is 21.3 Å². The predicted octanol–water partition coefficient (Wildman–Crippen LogP) is 3.96. The Morgan fingerprint density at radius 2 is 1.84 bits per heavy atom. The summed E-state index contributed by atoms with van der Waals surface area (Å²) in [5, 5.41) is 3.44. The van der Waals surface area contributed by atoms with Crippen LogP contribution in [0.2, 0.25) is 0 Å². The maximum absolute atomic E-state index is 5.38. The Kier molecular flexibility index (Phi) is 6.73. The second-order valence-electron chi connectivity index (χ2n) is 5.45. The number of thioether (sulfide) groups is 1. The molecule has 1 aromatic rings. The van der Waals surface area contributed by atoms with E-state index in [4.69, 9.17) is 4.74 Å². The van der Waals surface area contributed by atoms with Gasteiger partial charge in [-0.1, -0.05) is 19.9 Å². The molecular formula is C16H27NOS. The first-order valence-electron chi connectivity index (χ1n) is 6.89. The van der Waals surface area contributed by atoms with Gasteiger partial charge in [0.05, 0.1) is 7.11 Å². The Labute approximate surface area is 122 Å². The molecule has 0 aliphatic carbocycles. The standard InChI is InChI=1S/C16H27NOS/c1-11(2)9-19-10-15(17-5)14-7-13(4)16(18-6)8-12(14)3/h7-8,11,15,17H,9-10H2,1-6H3. The van der Waals surface area contributed by atoms with E-state index in [1.54, 1.807) is 7.11 Å². The molecule has 0 spiro atoms. The summed E-state index contributed by atoms with van der Waals surface area (Å²) in [6, 6.07) is 4.81. The zero-order valence-electron chi connectivity index (χ0n) is 13.0. The molecule has 2 nitrogen and oxygen atoms in total. The van der Waals surface area contributed by atoms with Gasteiger partial charge in [0.2, 0.25) is 0 Å². The van der Waals surface area contributed by atoms with Gasteiger partial charge in [-0.3, -0.25) is 0 Å². The molecular weight excluding hydrogens is 254 g/mol. The molecule has 0 heterocycles. The molecule has 1 N–H and O–H groups in total. The molecule has 0 aliphatic rings. The Morgan fingerprint density at radius 3 is 2.37 bits per heavy atom. The van der Waals surface area contributed by atoms with Crippen LogP contribution in [0.5, 0.6) is 5.75 Å². The Morgan fingerprint density at radius 1 is 1.16 bits per heavy atom. The van der Waals surface area contributed by atoms with Gasteiger partial charge in [0.25, 0.3) is 0 Å². The molecule has 0 fully saturated rings. The van der Waals surface area contributed by atoms with Gasteiger partial charge in [0, 0.05) is 11.8 Å². The fourth-order valence-electron chi connectivity index (χ4n) is 2.16. The van der Waals surface area contributed by atoms with Crippen LogP contribution < -0.4 is 10.1 Å². The highest BCUT2D eigenvalue weighted by molar-refractivity contribution is 7.99. The molecule has 0 radical (unpaired) electrons. The van der Waals surface area contributed by atoms with E-state index in [0.29, 0.717) is 6.04 Å². The molecule has 108 valence electrons. The minimum absolute atomic E-state index is 0.411. The lowest BCUT2D eigenvalue weighted by Crippen LogP contribution is -2.20. The second kappa shape index (κ2) is 7.81. The van der Waals surface area contributed by atoms with E-state index < -0.39 is 0 Å². The van der Waals surface area contributed by atoms with Crippen LogP contribution >= 0.6 is 11.8 Å². The number of nitrogens with one attached hydrogen (secondary N) is 1. The number of hydrogen-bond donors (Lipinski definition) is 1. The van der Waals surface area contributed by atoms with Crippen LogP contribution in [0.25, 0.3) is 0 Å². The largest absolute Gasteiger partial charge is 0.496 e. The quantitative estimate of drug-likeness (QED) is 0.817. The van der Waals surface area contributed by atoms with E-state index in [9.17, 15) is 0 Å². The van der Waals surface area contributed by atoms with Gasteiger partial charge >= 0.3 is 0 Å². The van der Waals surface area contributed by atoms with Gasteiger partial charge in [0.1, 0.15) is 5.75 Å². The highest BCUT2D eigenvalue weighted by Gasteiger charge is 2.14. The molecule has 0 aromatic heterocycles. The van der Waals surface area contributed by atoms with Gasteiger partial charge < -0.3 is 10.1 Å². The van der Waals surface area contributed by atoms with Crippen LogP contribution in [-0.2, 0) is 0 Å². The molecule has 0 saturated heterocycles. The lowest BCUT2D eigenvalue weighted by molar-refractivity contribution is 0.411. The molecule has 0 aliphatic heterocycles. The van der Waals surface area contributed by atoms with Crippen molar-refractivity contribution >= 4 is 11.8 Å². The summed E-state index contributed by atoms with van der Waals surface area (Å²) in [5.74, 6) is 4.06. The summed E-state index contributed by atoms with van der Waals surface area (Å²) in [5.41, 5.74) is 3.89. The third-order valence-electron chi connectivity index (χ3n) is 3.24. The van der Waals surface area contributed by atoms with Crippen molar-refractivity contribution in [2.75, 3.05) is 25.7 Å². The molecule has 1 unspecified atom stereocenters. The number of aryl methyl sites for hydroxylation is 2. The second-order valence-corrected chi connectivity index (χ2v) is 6.53. The molecule has 0 amide bonds. The van der Waals surface area contributed by atoms with E-state index in [2.05, 4.69) is 45.1 Å². The van der Waals surface area contributed by atoms with E-state index in [-0.39, 0.29) is 0 Å². The minimum atomic E-state index is 0.411. The lowest BCUT2D eigenvalue weighted by atomic mass is 9.99. The monoisotopic (exact) mass is 281 g/mol. The number of ether oxygens (including phenoxy) is 1. The first-order valence-corrected chi connectivity index (χ1v) is 8.05. The lowest BCUT2D eigenvalue weighted by Gasteiger charge is -2.21. The van der Waals surface area contributed by atoms with Crippen molar-refractivity contribution in [2.45, 2.75) is 33.7 Å². The van der Waals surface area contributed by atoms with Crippen LogP contribution in [0.4, 0.5) is 0 Å². The fraction of sp³-hybridized carbons (Fsp3) is 0.625. The van der Waals surface area contributed by atoms with Gasteiger partial charge in [-0.05, 0) is 55.3 Å². The zero-order valence-corrected chi connectivity index (χ0v) is 13.9. The van der Waals surface area contributed by atoms with E-state index in [1.165, 1.54) is 22.4 Å².